The van der Waals surface area contributed by atoms with Gasteiger partial charge >= 0.3 is 0 Å². The second kappa shape index (κ2) is 5.98. The fourth-order valence-electron chi connectivity index (χ4n) is 1.81. The Morgan fingerprint density at radius 1 is 1.37 bits per heavy atom. The van der Waals surface area contributed by atoms with Gasteiger partial charge in [0.05, 0.1) is 12.3 Å². The lowest BCUT2D eigenvalue weighted by Gasteiger charge is -2.29. The molecular formula is C12H16ClNO4S. The molecule has 0 radical (unpaired) electrons. The average molecular weight is 306 g/mol. The van der Waals surface area contributed by atoms with Gasteiger partial charge in [0.2, 0.25) is 10.0 Å². The maximum absolute atomic E-state index is 11.8. The second-order valence-corrected chi connectivity index (χ2v) is 6.86. The van der Waals surface area contributed by atoms with Gasteiger partial charge in [-0.15, -0.1) is 11.6 Å². The summed E-state index contributed by atoms with van der Waals surface area (Å²) in [4.78, 5) is 0. The highest BCUT2D eigenvalue weighted by Crippen LogP contribution is 2.31. The maximum atomic E-state index is 11.8. The van der Waals surface area contributed by atoms with Crippen LogP contribution in [-0.4, -0.2) is 50.7 Å². The van der Waals surface area contributed by atoms with E-state index < -0.39 is 10.0 Å². The first-order valence-electron chi connectivity index (χ1n) is 5.91. The van der Waals surface area contributed by atoms with Crippen molar-refractivity contribution >= 4 is 21.6 Å². The van der Waals surface area contributed by atoms with Crippen molar-refractivity contribution in [2.45, 2.75) is 6.10 Å². The van der Waals surface area contributed by atoms with E-state index in [2.05, 4.69) is 0 Å². The molecule has 5 nitrogen and oxygen atoms in total. The van der Waals surface area contributed by atoms with Crippen LogP contribution in [0, 0.1) is 0 Å². The first-order valence-corrected chi connectivity index (χ1v) is 8.06. The van der Waals surface area contributed by atoms with Gasteiger partial charge in [0.25, 0.3) is 0 Å². The Balaban J connectivity index is 1.99. The minimum absolute atomic E-state index is 0.0742. The number of para-hydroxylation sites is 2. The first kappa shape index (κ1) is 14.4. The number of ether oxygens (including phenoxy) is 2. The van der Waals surface area contributed by atoms with Gasteiger partial charge in [-0.25, -0.2) is 12.7 Å². The van der Waals surface area contributed by atoms with E-state index in [0.29, 0.717) is 18.1 Å². The van der Waals surface area contributed by atoms with E-state index in [0.717, 1.165) is 0 Å². The standard InChI is InChI=1S/C12H16ClNO4S/c1-14(19(15,16)7-6-13)8-10-9-17-11-4-2-3-5-12(11)18-10/h2-5,10H,6-9H2,1H3. The summed E-state index contributed by atoms with van der Waals surface area (Å²) < 4.78 is 36.1. The highest BCUT2D eigenvalue weighted by Gasteiger charge is 2.26. The molecule has 1 aliphatic rings. The summed E-state index contributed by atoms with van der Waals surface area (Å²) in [5.74, 6) is 1.33. The van der Waals surface area contributed by atoms with Crippen LogP contribution >= 0.6 is 11.6 Å². The normalized spacial score (nSPS) is 18.6. The van der Waals surface area contributed by atoms with Crippen molar-refractivity contribution in [1.82, 2.24) is 4.31 Å². The molecule has 0 bridgehead atoms. The van der Waals surface area contributed by atoms with E-state index in [9.17, 15) is 8.42 Å². The molecule has 1 aliphatic heterocycles. The molecule has 1 heterocycles. The zero-order valence-electron chi connectivity index (χ0n) is 10.6. The van der Waals surface area contributed by atoms with Gasteiger partial charge in [-0.1, -0.05) is 12.1 Å². The predicted octanol–water partition coefficient (Wildman–Crippen LogP) is 1.33. The van der Waals surface area contributed by atoms with Gasteiger partial charge < -0.3 is 9.47 Å². The van der Waals surface area contributed by atoms with Crippen molar-refractivity contribution in [2.24, 2.45) is 0 Å². The molecular weight excluding hydrogens is 290 g/mol. The van der Waals surface area contributed by atoms with Crippen molar-refractivity contribution in [2.75, 3.05) is 31.8 Å². The van der Waals surface area contributed by atoms with Crippen LogP contribution in [0.1, 0.15) is 0 Å². The Morgan fingerprint density at radius 3 is 2.74 bits per heavy atom. The van der Waals surface area contributed by atoms with Crippen LogP contribution in [-0.2, 0) is 10.0 Å². The number of hydrogen-bond donors (Lipinski definition) is 0. The van der Waals surface area contributed by atoms with E-state index in [1.807, 2.05) is 18.2 Å². The van der Waals surface area contributed by atoms with E-state index in [1.165, 1.54) is 11.4 Å². The largest absolute Gasteiger partial charge is 0.486 e. The number of nitrogens with zero attached hydrogens (tertiary/aromatic N) is 1. The third-order valence-corrected chi connectivity index (χ3v) is 5.07. The molecule has 1 aromatic rings. The van der Waals surface area contributed by atoms with Crippen LogP contribution in [0.2, 0.25) is 0 Å². The summed E-state index contributed by atoms with van der Waals surface area (Å²) >= 11 is 5.48. The summed E-state index contributed by atoms with van der Waals surface area (Å²) in [7, 11) is -1.80. The molecule has 0 aliphatic carbocycles. The van der Waals surface area contributed by atoms with Crippen LogP contribution < -0.4 is 9.47 Å². The van der Waals surface area contributed by atoms with Crippen LogP contribution in [0.25, 0.3) is 0 Å². The fraction of sp³-hybridized carbons (Fsp3) is 0.500. The highest BCUT2D eigenvalue weighted by atomic mass is 35.5. The minimum atomic E-state index is -3.32. The number of sulfonamides is 1. The summed E-state index contributed by atoms with van der Waals surface area (Å²) in [5, 5.41) is 0. The number of hydrogen-bond acceptors (Lipinski definition) is 4. The van der Waals surface area contributed by atoms with Gasteiger partial charge in [-0.3, -0.25) is 0 Å². The van der Waals surface area contributed by atoms with E-state index in [4.69, 9.17) is 21.1 Å². The number of benzene rings is 1. The Hall–Kier alpha value is -0.980. The highest BCUT2D eigenvalue weighted by molar-refractivity contribution is 7.89. The molecule has 0 saturated carbocycles. The Kier molecular flexibility index (Phi) is 4.54. The van der Waals surface area contributed by atoms with E-state index in [1.54, 1.807) is 6.07 Å². The number of likely N-dealkylation sites (N-methyl/N-ethyl adjacent to an activating group) is 1. The smallest absolute Gasteiger partial charge is 0.215 e. The number of fused-ring (bicyclic) bond motifs is 1. The molecule has 0 N–H and O–H groups in total. The molecule has 0 spiro atoms. The average Bonchev–Trinajstić information content (AvgIpc) is 2.38. The molecule has 7 heteroatoms. The third-order valence-electron chi connectivity index (χ3n) is 2.84. The molecule has 0 fully saturated rings. The van der Waals surface area contributed by atoms with Gasteiger partial charge in [0.1, 0.15) is 12.7 Å². The topological polar surface area (TPSA) is 55.8 Å². The summed E-state index contributed by atoms with van der Waals surface area (Å²) in [5.41, 5.74) is 0. The van der Waals surface area contributed by atoms with Crippen LogP contribution in [0.15, 0.2) is 24.3 Å². The number of alkyl halides is 1. The van der Waals surface area contributed by atoms with Gasteiger partial charge in [0.15, 0.2) is 11.5 Å². The van der Waals surface area contributed by atoms with Crippen molar-refractivity contribution < 1.29 is 17.9 Å². The van der Waals surface area contributed by atoms with Crippen molar-refractivity contribution in [3.8, 4) is 11.5 Å². The quantitative estimate of drug-likeness (QED) is 0.770. The summed E-state index contributed by atoms with van der Waals surface area (Å²) in [6.45, 7) is 0.575. The lowest BCUT2D eigenvalue weighted by molar-refractivity contribution is 0.0799. The van der Waals surface area contributed by atoms with Crippen molar-refractivity contribution in [3.05, 3.63) is 24.3 Å². The first-order chi connectivity index (χ1) is 9.03. The molecule has 0 aromatic heterocycles. The molecule has 1 atom stereocenters. The molecule has 0 amide bonds. The van der Waals surface area contributed by atoms with E-state index in [-0.39, 0.29) is 24.3 Å². The lowest BCUT2D eigenvalue weighted by Crippen LogP contribution is -2.42. The minimum Gasteiger partial charge on any atom is -0.486 e. The van der Waals surface area contributed by atoms with Gasteiger partial charge in [-0.2, -0.15) is 0 Å². The molecule has 1 unspecified atom stereocenters. The monoisotopic (exact) mass is 305 g/mol. The molecule has 19 heavy (non-hydrogen) atoms. The second-order valence-electron chi connectivity index (χ2n) is 4.28. The lowest BCUT2D eigenvalue weighted by atomic mass is 10.2. The Labute approximate surface area is 118 Å². The predicted molar refractivity (Wildman–Crippen MR) is 73.5 cm³/mol. The SMILES string of the molecule is CN(CC1COc2ccccc2O1)S(=O)(=O)CCCl. The third kappa shape index (κ3) is 3.52. The Bertz CT molecular complexity index is 534. The van der Waals surface area contributed by atoms with Crippen LogP contribution in [0.5, 0.6) is 11.5 Å². The van der Waals surface area contributed by atoms with E-state index >= 15 is 0 Å². The zero-order valence-corrected chi connectivity index (χ0v) is 12.2. The molecule has 1 aromatic carbocycles. The summed E-state index contributed by atoms with van der Waals surface area (Å²) in [6.07, 6.45) is -0.315. The summed E-state index contributed by atoms with van der Waals surface area (Å²) in [6, 6.07) is 7.33. The fourth-order valence-corrected chi connectivity index (χ4v) is 3.29. The molecule has 106 valence electrons. The van der Waals surface area contributed by atoms with Gasteiger partial charge in [-0.05, 0) is 12.1 Å². The zero-order chi connectivity index (χ0) is 13.9. The Morgan fingerprint density at radius 2 is 2.05 bits per heavy atom. The molecule has 2 rings (SSSR count). The van der Waals surface area contributed by atoms with Crippen LogP contribution in [0.3, 0.4) is 0 Å². The number of halogens is 1. The maximum Gasteiger partial charge on any atom is 0.215 e. The number of rotatable bonds is 5. The van der Waals surface area contributed by atoms with Crippen molar-refractivity contribution in [1.29, 1.82) is 0 Å². The van der Waals surface area contributed by atoms with Crippen LogP contribution in [0.4, 0.5) is 0 Å². The molecule has 0 saturated heterocycles. The van der Waals surface area contributed by atoms with Gasteiger partial charge in [0, 0.05) is 12.9 Å². The van der Waals surface area contributed by atoms with Crippen molar-refractivity contribution in [3.63, 3.8) is 0 Å².